The average molecular weight is 317 g/mol. The third kappa shape index (κ3) is 2.92. The number of nitrogens with zero attached hydrogens (tertiary/aromatic N) is 1. The van der Waals surface area contributed by atoms with Crippen LogP contribution in [0.15, 0.2) is 6.07 Å². The molecule has 110 valence electrons. The molecule has 1 saturated heterocycles. The summed E-state index contributed by atoms with van der Waals surface area (Å²) in [5.74, 6) is -0.135. The van der Waals surface area contributed by atoms with Gasteiger partial charge in [0.25, 0.3) is 0 Å². The smallest absolute Gasteiger partial charge is 0.230 e. The zero-order valence-electron chi connectivity index (χ0n) is 11.9. The molecule has 1 aliphatic rings. The summed E-state index contributed by atoms with van der Waals surface area (Å²) in [5, 5.41) is 3.37. The van der Waals surface area contributed by atoms with Crippen LogP contribution in [0.5, 0.6) is 0 Å². The van der Waals surface area contributed by atoms with Crippen molar-refractivity contribution in [3.63, 3.8) is 0 Å². The third-order valence-electron chi connectivity index (χ3n) is 3.93. The minimum Gasteiger partial charge on any atom is -0.374 e. The molecule has 0 saturated carbocycles. The molecule has 4 unspecified atom stereocenters. The molecular formula is C14H18Cl2N2O2. The van der Waals surface area contributed by atoms with Crippen LogP contribution in [-0.4, -0.2) is 23.1 Å². The first kappa shape index (κ1) is 15.5. The minimum absolute atomic E-state index is 0.0701. The Morgan fingerprint density at radius 3 is 2.45 bits per heavy atom. The Morgan fingerprint density at radius 2 is 1.95 bits per heavy atom. The Kier molecular flexibility index (Phi) is 4.57. The first-order valence-corrected chi connectivity index (χ1v) is 7.35. The summed E-state index contributed by atoms with van der Waals surface area (Å²) in [6.07, 6.45) is -0.0417. The second kappa shape index (κ2) is 5.88. The van der Waals surface area contributed by atoms with Crippen molar-refractivity contribution in [1.82, 2.24) is 4.98 Å². The van der Waals surface area contributed by atoms with E-state index in [2.05, 4.69) is 10.3 Å². The summed E-state index contributed by atoms with van der Waals surface area (Å²) in [6.45, 7) is 7.75. The Bertz CT molecular complexity index is 513. The molecule has 1 aliphatic heterocycles. The molecule has 1 N–H and O–H groups in total. The highest BCUT2D eigenvalue weighted by Crippen LogP contribution is 2.34. The van der Waals surface area contributed by atoms with Gasteiger partial charge in [-0.1, -0.05) is 30.1 Å². The number of aryl methyl sites for hydroxylation is 1. The normalized spacial score (nSPS) is 29.5. The number of anilines is 1. The van der Waals surface area contributed by atoms with Gasteiger partial charge in [0, 0.05) is 0 Å². The van der Waals surface area contributed by atoms with Gasteiger partial charge in [-0.2, -0.15) is 0 Å². The highest BCUT2D eigenvalue weighted by atomic mass is 35.5. The van der Waals surface area contributed by atoms with Crippen LogP contribution in [0.3, 0.4) is 0 Å². The van der Waals surface area contributed by atoms with E-state index < -0.39 is 0 Å². The quantitative estimate of drug-likeness (QED) is 0.846. The van der Waals surface area contributed by atoms with E-state index in [4.69, 9.17) is 27.9 Å². The van der Waals surface area contributed by atoms with Crippen molar-refractivity contribution in [3.05, 3.63) is 21.9 Å². The van der Waals surface area contributed by atoms with Gasteiger partial charge in [0.05, 0.1) is 23.8 Å². The van der Waals surface area contributed by atoms with Crippen molar-refractivity contribution in [2.75, 3.05) is 5.32 Å². The van der Waals surface area contributed by atoms with E-state index in [9.17, 15) is 4.79 Å². The topological polar surface area (TPSA) is 51.2 Å². The number of nitrogens with one attached hydrogen (secondary N) is 1. The van der Waals surface area contributed by atoms with E-state index >= 15 is 0 Å². The highest BCUT2D eigenvalue weighted by molar-refractivity contribution is 6.34. The molecule has 0 radical (unpaired) electrons. The van der Waals surface area contributed by atoms with Gasteiger partial charge in [-0.3, -0.25) is 4.79 Å². The first-order chi connectivity index (χ1) is 9.31. The first-order valence-electron chi connectivity index (χ1n) is 6.60. The molecule has 1 aromatic rings. The molecule has 0 spiro atoms. The maximum absolute atomic E-state index is 12.5. The fourth-order valence-electron chi connectivity index (χ4n) is 2.67. The van der Waals surface area contributed by atoms with Crippen molar-refractivity contribution >= 4 is 34.8 Å². The van der Waals surface area contributed by atoms with Crippen LogP contribution in [0.25, 0.3) is 0 Å². The SMILES string of the molecule is Cc1cc(Cl)nc(Cl)c1NC(=O)C1C(C)OC(C)C1C. The molecule has 0 aromatic carbocycles. The fourth-order valence-corrected chi connectivity index (χ4v) is 3.25. The zero-order valence-corrected chi connectivity index (χ0v) is 13.4. The number of carbonyl (C=O) groups excluding carboxylic acids is 1. The molecule has 1 amide bonds. The van der Waals surface area contributed by atoms with E-state index in [1.165, 1.54) is 0 Å². The highest BCUT2D eigenvalue weighted by Gasteiger charge is 2.41. The number of carbonyl (C=O) groups is 1. The number of hydrogen-bond donors (Lipinski definition) is 1. The Labute approximate surface area is 128 Å². The van der Waals surface area contributed by atoms with Gasteiger partial charge in [-0.15, -0.1) is 0 Å². The van der Waals surface area contributed by atoms with Crippen LogP contribution in [0.2, 0.25) is 10.3 Å². The van der Waals surface area contributed by atoms with Crippen LogP contribution in [0, 0.1) is 18.8 Å². The number of pyridine rings is 1. The summed E-state index contributed by atoms with van der Waals surface area (Å²) < 4.78 is 5.69. The van der Waals surface area contributed by atoms with Crippen molar-refractivity contribution in [2.24, 2.45) is 11.8 Å². The molecule has 0 aliphatic carbocycles. The van der Waals surface area contributed by atoms with Crippen LogP contribution in [-0.2, 0) is 9.53 Å². The van der Waals surface area contributed by atoms with Crippen molar-refractivity contribution < 1.29 is 9.53 Å². The van der Waals surface area contributed by atoms with E-state index in [-0.39, 0.29) is 35.1 Å². The van der Waals surface area contributed by atoms with Crippen molar-refractivity contribution in [3.8, 4) is 0 Å². The number of ether oxygens (including phenoxy) is 1. The Morgan fingerprint density at radius 1 is 1.30 bits per heavy atom. The summed E-state index contributed by atoms with van der Waals surface area (Å²) in [5.41, 5.74) is 1.30. The summed E-state index contributed by atoms with van der Waals surface area (Å²) >= 11 is 11.9. The lowest BCUT2D eigenvalue weighted by Crippen LogP contribution is -2.32. The number of aromatic nitrogens is 1. The van der Waals surface area contributed by atoms with E-state index in [0.29, 0.717) is 10.8 Å². The lowest BCUT2D eigenvalue weighted by atomic mass is 9.89. The third-order valence-corrected chi connectivity index (χ3v) is 4.40. The van der Waals surface area contributed by atoms with Crippen LogP contribution < -0.4 is 5.32 Å². The number of hydrogen-bond acceptors (Lipinski definition) is 3. The number of halogens is 2. The molecule has 0 bridgehead atoms. The second-order valence-corrected chi connectivity index (χ2v) is 6.09. The fraction of sp³-hybridized carbons (Fsp3) is 0.571. The van der Waals surface area contributed by atoms with Gasteiger partial charge in [0.15, 0.2) is 5.15 Å². The molecule has 20 heavy (non-hydrogen) atoms. The maximum Gasteiger partial charge on any atom is 0.230 e. The van der Waals surface area contributed by atoms with Gasteiger partial charge in [0.1, 0.15) is 5.15 Å². The van der Waals surface area contributed by atoms with Crippen LogP contribution in [0.1, 0.15) is 26.3 Å². The van der Waals surface area contributed by atoms with Gasteiger partial charge in [0.2, 0.25) is 5.91 Å². The van der Waals surface area contributed by atoms with Crippen LogP contribution in [0.4, 0.5) is 5.69 Å². The molecular weight excluding hydrogens is 299 g/mol. The van der Waals surface area contributed by atoms with Crippen LogP contribution >= 0.6 is 23.2 Å². The van der Waals surface area contributed by atoms with E-state index in [1.807, 2.05) is 27.7 Å². The Hall–Kier alpha value is -0.840. The summed E-state index contributed by atoms with van der Waals surface area (Å²) in [4.78, 5) is 16.4. The lowest BCUT2D eigenvalue weighted by molar-refractivity contribution is -0.121. The van der Waals surface area contributed by atoms with Gasteiger partial charge < -0.3 is 10.1 Å². The van der Waals surface area contributed by atoms with E-state index in [0.717, 1.165) is 5.56 Å². The Balaban J connectivity index is 2.21. The predicted molar refractivity (Wildman–Crippen MR) is 80.3 cm³/mol. The van der Waals surface area contributed by atoms with Gasteiger partial charge in [-0.05, 0) is 38.3 Å². The molecule has 4 nitrogen and oxygen atoms in total. The summed E-state index contributed by atoms with van der Waals surface area (Å²) in [7, 11) is 0. The number of amides is 1. The standard InChI is InChI=1S/C14H18Cl2N2O2/c1-6-5-10(15)17-13(16)12(6)18-14(19)11-7(2)8(3)20-9(11)4/h5,7-9,11H,1-4H3,(H,18,19). The monoisotopic (exact) mass is 316 g/mol. The maximum atomic E-state index is 12.5. The van der Waals surface area contributed by atoms with Crippen molar-refractivity contribution in [1.29, 1.82) is 0 Å². The van der Waals surface area contributed by atoms with Crippen molar-refractivity contribution in [2.45, 2.75) is 39.9 Å². The minimum atomic E-state index is -0.198. The molecule has 4 atom stereocenters. The molecule has 2 rings (SSSR count). The average Bonchev–Trinajstić information content (AvgIpc) is 2.58. The van der Waals surface area contributed by atoms with E-state index in [1.54, 1.807) is 6.07 Å². The second-order valence-electron chi connectivity index (χ2n) is 5.35. The van der Waals surface area contributed by atoms with Gasteiger partial charge >= 0.3 is 0 Å². The summed E-state index contributed by atoms with van der Waals surface area (Å²) in [6, 6.07) is 1.67. The zero-order chi connectivity index (χ0) is 15.0. The number of rotatable bonds is 2. The molecule has 1 aromatic heterocycles. The molecule has 1 fully saturated rings. The van der Waals surface area contributed by atoms with Gasteiger partial charge in [-0.25, -0.2) is 4.98 Å². The predicted octanol–water partition coefficient (Wildman–Crippen LogP) is 3.69. The lowest BCUT2D eigenvalue weighted by Gasteiger charge is -2.19. The largest absolute Gasteiger partial charge is 0.374 e. The molecule has 2 heterocycles. The molecule has 6 heteroatoms.